The average Bonchev–Trinajstić information content (AvgIpc) is 3.14. The topological polar surface area (TPSA) is 142 Å². The number of anilines is 2. The number of aliphatic carboxylic acids is 1. The second kappa shape index (κ2) is 18.0. The molecule has 0 fully saturated rings. The predicted octanol–water partition coefficient (Wildman–Crippen LogP) is 9.66. The number of hydrogen-bond donors (Lipinski definition) is 4. The van der Waals surface area contributed by atoms with E-state index in [0.29, 0.717) is 12.2 Å². The number of benzene rings is 4. The van der Waals surface area contributed by atoms with Crippen molar-refractivity contribution in [3.8, 4) is 0 Å². The van der Waals surface area contributed by atoms with E-state index in [1.54, 1.807) is 7.05 Å². The minimum atomic E-state index is -0.797. The van der Waals surface area contributed by atoms with Gasteiger partial charge in [-0.15, -0.1) is 0 Å². The molecule has 0 saturated heterocycles. The van der Waals surface area contributed by atoms with Gasteiger partial charge in [0.25, 0.3) is 0 Å². The van der Waals surface area contributed by atoms with Gasteiger partial charge in [-0.25, -0.2) is 19.9 Å². The van der Waals surface area contributed by atoms with Crippen molar-refractivity contribution in [3.05, 3.63) is 130 Å². The molecule has 0 saturated carbocycles. The molecule has 55 heavy (non-hydrogen) atoms. The van der Waals surface area contributed by atoms with Crippen LogP contribution < -0.4 is 16.0 Å². The number of hydrogen-bond acceptors (Lipinski definition) is 8. The summed E-state index contributed by atoms with van der Waals surface area (Å²) in [7, 11) is 1.67. The third kappa shape index (κ3) is 10.6. The fourth-order valence-corrected chi connectivity index (χ4v) is 6.69. The fourth-order valence-electron chi connectivity index (χ4n) is 6.69. The number of nitrogens with zero attached hydrogens (tertiary/aromatic N) is 4. The maximum atomic E-state index is 11.8. The summed E-state index contributed by atoms with van der Waals surface area (Å²) >= 11 is 0. The van der Waals surface area contributed by atoms with E-state index in [4.69, 9.17) is 5.11 Å². The maximum absolute atomic E-state index is 11.8. The lowest BCUT2D eigenvalue weighted by Crippen LogP contribution is -2.19. The van der Waals surface area contributed by atoms with Crippen LogP contribution in [0.2, 0.25) is 0 Å². The molecule has 10 nitrogen and oxygen atoms in total. The number of rotatable bonds is 12. The smallest absolute Gasteiger partial charge is 0.303 e. The highest BCUT2D eigenvalue weighted by Crippen LogP contribution is 2.31. The summed E-state index contributed by atoms with van der Waals surface area (Å²) in [6.45, 7) is 16.2. The van der Waals surface area contributed by atoms with E-state index in [0.717, 1.165) is 50.4 Å². The number of carbonyl (C=O) groups excluding carboxylic acids is 1. The highest BCUT2D eigenvalue weighted by Gasteiger charge is 2.17. The van der Waals surface area contributed by atoms with Crippen molar-refractivity contribution in [1.82, 2.24) is 25.3 Å². The maximum Gasteiger partial charge on any atom is 0.303 e. The zero-order valence-corrected chi connectivity index (χ0v) is 33.4. The Balaban J connectivity index is 0.000000211. The third-order valence-electron chi connectivity index (χ3n) is 9.84. The Morgan fingerprint density at radius 1 is 0.582 bits per heavy atom. The van der Waals surface area contributed by atoms with E-state index in [2.05, 4.69) is 131 Å². The molecule has 6 aromatic rings. The SMILES string of the molecule is CNC(=O)CC(C)c1ccc2nc(C)nc(N[C@H](C)c3cccc(C)c3)c2c1.Cc1cccc([C@@H](C)Nc2nc(C)nc3ccc(C(C)CC(=O)O)cc23)c1. The Morgan fingerprint density at radius 3 is 1.42 bits per heavy atom. The molecular formula is C45H53N7O3. The summed E-state index contributed by atoms with van der Waals surface area (Å²) < 4.78 is 0. The first-order valence-corrected chi connectivity index (χ1v) is 18.9. The van der Waals surface area contributed by atoms with E-state index in [1.165, 1.54) is 22.3 Å². The van der Waals surface area contributed by atoms with Gasteiger partial charge >= 0.3 is 5.97 Å². The van der Waals surface area contributed by atoms with Crippen LogP contribution in [-0.2, 0) is 9.59 Å². The first-order valence-electron chi connectivity index (χ1n) is 18.9. The van der Waals surface area contributed by atoms with Gasteiger partial charge in [0.15, 0.2) is 0 Å². The lowest BCUT2D eigenvalue weighted by atomic mass is 9.96. The second-order valence-electron chi connectivity index (χ2n) is 14.6. The zero-order chi connectivity index (χ0) is 39.8. The number of aryl methyl sites for hydroxylation is 4. The first kappa shape index (κ1) is 40.3. The van der Waals surface area contributed by atoms with Gasteiger partial charge in [-0.3, -0.25) is 9.59 Å². The molecule has 0 bridgehead atoms. The number of carbonyl (C=O) groups is 2. The van der Waals surface area contributed by atoms with E-state index in [1.807, 2.05) is 45.0 Å². The van der Waals surface area contributed by atoms with Gasteiger partial charge in [0.2, 0.25) is 5.91 Å². The fraction of sp³-hybridized carbons (Fsp3) is 0.333. The van der Waals surface area contributed by atoms with Gasteiger partial charge < -0.3 is 21.1 Å². The number of carboxylic acid groups (broad SMARTS) is 1. The van der Waals surface area contributed by atoms with Crippen LogP contribution in [0.4, 0.5) is 11.6 Å². The third-order valence-corrected chi connectivity index (χ3v) is 9.84. The van der Waals surface area contributed by atoms with Crippen LogP contribution in [0.5, 0.6) is 0 Å². The van der Waals surface area contributed by atoms with Crippen molar-refractivity contribution < 1.29 is 14.7 Å². The van der Waals surface area contributed by atoms with Crippen molar-refractivity contribution in [2.75, 3.05) is 17.7 Å². The second-order valence-corrected chi connectivity index (χ2v) is 14.6. The summed E-state index contributed by atoms with van der Waals surface area (Å²) in [6, 6.07) is 29.2. The lowest BCUT2D eigenvalue weighted by Gasteiger charge is -2.18. The minimum absolute atomic E-state index is 0.0409. The van der Waals surface area contributed by atoms with Gasteiger partial charge in [0.05, 0.1) is 17.5 Å². The summed E-state index contributed by atoms with van der Waals surface area (Å²) in [5.41, 5.74) is 8.70. The predicted molar refractivity (Wildman–Crippen MR) is 223 cm³/mol. The number of carboxylic acids is 1. The van der Waals surface area contributed by atoms with Crippen molar-refractivity contribution in [2.45, 2.75) is 92.2 Å². The van der Waals surface area contributed by atoms with Gasteiger partial charge in [-0.1, -0.05) is 85.6 Å². The summed E-state index contributed by atoms with van der Waals surface area (Å²) in [5, 5.41) is 20.7. The Bertz CT molecular complexity index is 2310. The number of aromatic nitrogens is 4. The van der Waals surface area contributed by atoms with E-state index in [9.17, 15) is 9.59 Å². The molecule has 0 radical (unpaired) electrons. The highest BCUT2D eigenvalue weighted by molar-refractivity contribution is 5.91. The molecule has 0 aliphatic rings. The van der Waals surface area contributed by atoms with Crippen molar-refractivity contribution >= 4 is 45.3 Å². The monoisotopic (exact) mass is 739 g/mol. The van der Waals surface area contributed by atoms with Gasteiger partial charge in [0.1, 0.15) is 23.3 Å². The molecule has 2 aromatic heterocycles. The van der Waals surface area contributed by atoms with Gasteiger partial charge in [-0.05, 0) is 99.9 Å². The molecule has 4 N–H and O–H groups in total. The Labute approximate surface area is 324 Å². The molecule has 6 rings (SSSR count). The highest BCUT2D eigenvalue weighted by atomic mass is 16.4. The molecule has 2 unspecified atom stereocenters. The Kier molecular flexibility index (Phi) is 13.1. The Morgan fingerprint density at radius 2 is 1.02 bits per heavy atom. The number of amides is 1. The minimum Gasteiger partial charge on any atom is -0.481 e. The van der Waals surface area contributed by atoms with Crippen molar-refractivity contribution in [1.29, 1.82) is 0 Å². The average molecular weight is 740 g/mol. The van der Waals surface area contributed by atoms with Crippen LogP contribution in [0.15, 0.2) is 84.9 Å². The quantitative estimate of drug-likeness (QED) is 0.0965. The Hall–Kier alpha value is -5.90. The summed E-state index contributed by atoms with van der Waals surface area (Å²) in [4.78, 5) is 41.2. The lowest BCUT2D eigenvalue weighted by molar-refractivity contribution is -0.137. The zero-order valence-electron chi connectivity index (χ0n) is 33.4. The molecule has 1 amide bonds. The van der Waals surface area contributed by atoms with Crippen LogP contribution in [0, 0.1) is 27.7 Å². The molecular weight excluding hydrogens is 687 g/mol. The van der Waals surface area contributed by atoms with Crippen LogP contribution in [0.3, 0.4) is 0 Å². The molecule has 4 aromatic carbocycles. The molecule has 4 atom stereocenters. The summed E-state index contributed by atoms with van der Waals surface area (Å²) in [6.07, 6.45) is 0.553. The van der Waals surface area contributed by atoms with Gasteiger partial charge in [0, 0.05) is 36.3 Å². The van der Waals surface area contributed by atoms with Crippen LogP contribution in [-0.4, -0.2) is 44.0 Å². The van der Waals surface area contributed by atoms with E-state index < -0.39 is 5.97 Å². The largest absolute Gasteiger partial charge is 0.481 e. The normalized spacial score (nSPS) is 13.3. The summed E-state index contributed by atoms with van der Waals surface area (Å²) in [5.74, 6) is 2.32. The molecule has 10 heteroatoms. The van der Waals surface area contributed by atoms with Crippen LogP contribution >= 0.6 is 0 Å². The van der Waals surface area contributed by atoms with E-state index in [-0.39, 0.29) is 36.2 Å². The molecule has 0 spiro atoms. The van der Waals surface area contributed by atoms with Crippen molar-refractivity contribution in [3.63, 3.8) is 0 Å². The van der Waals surface area contributed by atoms with Gasteiger partial charge in [-0.2, -0.15) is 0 Å². The van der Waals surface area contributed by atoms with Crippen molar-refractivity contribution in [2.24, 2.45) is 0 Å². The molecule has 2 heterocycles. The molecule has 0 aliphatic heterocycles. The van der Waals surface area contributed by atoms with Crippen LogP contribution in [0.25, 0.3) is 21.8 Å². The van der Waals surface area contributed by atoms with E-state index >= 15 is 0 Å². The first-order chi connectivity index (χ1) is 26.2. The molecule has 0 aliphatic carbocycles. The number of fused-ring (bicyclic) bond motifs is 2. The standard InChI is InChI=1S/C23H28N4O.C22H25N3O2/c1-14-7-6-8-19(11-14)16(3)25-23-20-13-18(15(2)12-22(28)24-5)9-10-21(20)26-17(4)27-23;1-13-6-5-7-18(10-13)15(3)23-22-19-12-17(14(2)11-21(26)27)8-9-20(19)24-16(4)25-22/h6-11,13,15-16H,12H2,1-5H3,(H,24,28)(H,25,26,27);5-10,12,14-15H,11H2,1-4H3,(H,26,27)(H,23,24,25)/t15?,16-;14?,15-/m11/s1. The van der Waals surface area contributed by atoms with Crippen LogP contribution in [0.1, 0.15) is 109 Å². The number of nitrogens with one attached hydrogen (secondary N) is 3. The molecule has 286 valence electrons.